The second-order valence-corrected chi connectivity index (χ2v) is 6.88. The van der Waals surface area contributed by atoms with Crippen LogP contribution in [0, 0.1) is 0 Å². The van der Waals surface area contributed by atoms with Crippen molar-refractivity contribution >= 4 is 11.8 Å². The van der Waals surface area contributed by atoms with Crippen LogP contribution in [0.1, 0.15) is 25.7 Å². The number of rotatable bonds is 4. The van der Waals surface area contributed by atoms with Gasteiger partial charge in [0, 0.05) is 39.1 Å². The van der Waals surface area contributed by atoms with Gasteiger partial charge in [-0.2, -0.15) is 0 Å². The first kappa shape index (κ1) is 17.6. The van der Waals surface area contributed by atoms with Gasteiger partial charge in [0.1, 0.15) is 0 Å². The zero-order valence-corrected chi connectivity index (χ0v) is 14.5. The van der Waals surface area contributed by atoms with Crippen LogP contribution < -0.4 is 0 Å². The summed E-state index contributed by atoms with van der Waals surface area (Å²) in [5.74, 6) is 0.213. The van der Waals surface area contributed by atoms with E-state index in [1.54, 1.807) is 4.90 Å². The second kappa shape index (κ2) is 8.78. The molecule has 3 aliphatic rings. The molecule has 0 aromatic heterocycles. The van der Waals surface area contributed by atoms with E-state index in [1.165, 1.54) is 0 Å². The topological polar surface area (TPSA) is 62.3 Å². The Morgan fingerprint density at radius 3 is 2.75 bits per heavy atom. The summed E-state index contributed by atoms with van der Waals surface area (Å²) in [4.78, 5) is 30.4. The summed E-state index contributed by atoms with van der Waals surface area (Å²) < 4.78 is 11.2. The Labute approximate surface area is 143 Å². The smallest absolute Gasteiger partial charge is 0.242 e. The summed E-state index contributed by atoms with van der Waals surface area (Å²) in [5.41, 5.74) is 0. The average Bonchev–Trinajstić information content (AvgIpc) is 2.83. The van der Waals surface area contributed by atoms with E-state index in [4.69, 9.17) is 9.47 Å². The van der Waals surface area contributed by atoms with Crippen molar-refractivity contribution in [1.29, 1.82) is 0 Å². The van der Waals surface area contributed by atoms with Crippen molar-refractivity contribution in [1.82, 2.24) is 14.7 Å². The SMILES string of the molecule is O=C(CN1CCCCC1=O)N1CCCN(CC2COCCO2)CC1. The summed E-state index contributed by atoms with van der Waals surface area (Å²) >= 11 is 0. The lowest BCUT2D eigenvalue weighted by Gasteiger charge is -2.30. The van der Waals surface area contributed by atoms with Crippen LogP contribution in [-0.4, -0.2) is 98.3 Å². The number of amides is 2. The molecule has 0 spiro atoms. The van der Waals surface area contributed by atoms with Gasteiger partial charge in [0.05, 0.1) is 32.5 Å². The van der Waals surface area contributed by atoms with Gasteiger partial charge in [-0.25, -0.2) is 0 Å². The van der Waals surface area contributed by atoms with Crippen LogP contribution in [-0.2, 0) is 19.1 Å². The van der Waals surface area contributed by atoms with Crippen molar-refractivity contribution in [3.8, 4) is 0 Å². The van der Waals surface area contributed by atoms with Gasteiger partial charge in [-0.15, -0.1) is 0 Å². The minimum atomic E-state index is 0.0874. The maximum Gasteiger partial charge on any atom is 0.242 e. The van der Waals surface area contributed by atoms with Crippen molar-refractivity contribution in [3.63, 3.8) is 0 Å². The highest BCUT2D eigenvalue weighted by Gasteiger charge is 2.26. The number of ether oxygens (including phenoxy) is 2. The van der Waals surface area contributed by atoms with E-state index in [9.17, 15) is 9.59 Å². The van der Waals surface area contributed by atoms with Crippen molar-refractivity contribution in [2.75, 3.05) is 65.6 Å². The van der Waals surface area contributed by atoms with Crippen molar-refractivity contribution < 1.29 is 19.1 Å². The van der Waals surface area contributed by atoms with Crippen LogP contribution in [0.15, 0.2) is 0 Å². The third-order valence-corrected chi connectivity index (χ3v) is 5.04. The summed E-state index contributed by atoms with van der Waals surface area (Å²) in [5, 5.41) is 0. The third-order valence-electron chi connectivity index (χ3n) is 5.04. The van der Waals surface area contributed by atoms with Crippen molar-refractivity contribution in [3.05, 3.63) is 0 Å². The van der Waals surface area contributed by atoms with Crippen molar-refractivity contribution in [2.24, 2.45) is 0 Å². The van der Waals surface area contributed by atoms with Crippen LogP contribution >= 0.6 is 0 Å². The molecule has 0 aliphatic carbocycles. The number of carbonyl (C=O) groups excluding carboxylic acids is 2. The molecule has 0 aromatic rings. The molecule has 2 amide bonds. The number of piperidine rings is 1. The Morgan fingerprint density at radius 2 is 1.96 bits per heavy atom. The third kappa shape index (κ3) is 4.91. The van der Waals surface area contributed by atoms with Crippen LogP contribution in [0.5, 0.6) is 0 Å². The van der Waals surface area contributed by atoms with Gasteiger partial charge in [-0.05, 0) is 25.8 Å². The van der Waals surface area contributed by atoms with Crippen LogP contribution in [0.25, 0.3) is 0 Å². The Hall–Kier alpha value is -1.18. The van der Waals surface area contributed by atoms with E-state index in [1.807, 2.05) is 4.90 Å². The molecule has 1 atom stereocenters. The molecule has 3 fully saturated rings. The lowest BCUT2D eigenvalue weighted by molar-refractivity contribution is -0.141. The maximum absolute atomic E-state index is 12.5. The van der Waals surface area contributed by atoms with Gasteiger partial charge in [0.2, 0.25) is 11.8 Å². The zero-order valence-electron chi connectivity index (χ0n) is 14.5. The molecule has 1 unspecified atom stereocenters. The summed E-state index contributed by atoms with van der Waals surface area (Å²) in [6.07, 6.45) is 3.66. The molecule has 3 rings (SSSR count). The van der Waals surface area contributed by atoms with Crippen LogP contribution in [0.3, 0.4) is 0 Å². The zero-order chi connectivity index (χ0) is 16.8. The van der Waals surface area contributed by atoms with Gasteiger partial charge in [-0.3, -0.25) is 14.5 Å². The molecule has 0 N–H and O–H groups in total. The summed E-state index contributed by atoms with van der Waals surface area (Å²) in [6, 6.07) is 0. The Kier molecular flexibility index (Phi) is 6.45. The normalized spacial score (nSPS) is 27.2. The maximum atomic E-state index is 12.5. The molecule has 7 heteroatoms. The standard InChI is InChI=1S/C17H29N3O4/c21-16-4-1-2-6-20(16)13-17(22)19-7-3-5-18(8-9-19)12-15-14-23-10-11-24-15/h15H,1-14H2. The van der Waals surface area contributed by atoms with Gasteiger partial charge in [0.25, 0.3) is 0 Å². The fraction of sp³-hybridized carbons (Fsp3) is 0.882. The average molecular weight is 339 g/mol. The Bertz CT molecular complexity index is 440. The predicted octanol–water partition coefficient (Wildman–Crippen LogP) is -0.0514. The predicted molar refractivity (Wildman–Crippen MR) is 88.6 cm³/mol. The van der Waals surface area contributed by atoms with Gasteiger partial charge < -0.3 is 19.3 Å². The molecule has 0 bridgehead atoms. The van der Waals surface area contributed by atoms with Crippen LogP contribution in [0.4, 0.5) is 0 Å². The molecular formula is C17H29N3O4. The number of hydrogen-bond donors (Lipinski definition) is 0. The quantitative estimate of drug-likeness (QED) is 0.719. The first-order valence-electron chi connectivity index (χ1n) is 9.19. The summed E-state index contributed by atoms with van der Waals surface area (Å²) in [6.45, 7) is 7.21. The fourth-order valence-electron chi connectivity index (χ4n) is 3.63. The summed E-state index contributed by atoms with van der Waals surface area (Å²) in [7, 11) is 0. The largest absolute Gasteiger partial charge is 0.376 e. The Balaban J connectivity index is 1.44. The van der Waals surface area contributed by atoms with E-state index < -0.39 is 0 Å². The highest BCUT2D eigenvalue weighted by molar-refractivity contribution is 5.85. The number of nitrogens with zero attached hydrogens (tertiary/aromatic N) is 3. The molecule has 136 valence electrons. The van der Waals surface area contributed by atoms with E-state index >= 15 is 0 Å². The molecular weight excluding hydrogens is 310 g/mol. The number of carbonyl (C=O) groups is 2. The van der Waals surface area contributed by atoms with E-state index in [0.29, 0.717) is 26.2 Å². The van der Waals surface area contributed by atoms with Crippen molar-refractivity contribution in [2.45, 2.75) is 31.8 Å². The molecule has 7 nitrogen and oxygen atoms in total. The van der Waals surface area contributed by atoms with E-state index in [0.717, 1.165) is 58.5 Å². The minimum Gasteiger partial charge on any atom is -0.376 e. The first-order valence-corrected chi connectivity index (χ1v) is 9.19. The lowest BCUT2D eigenvalue weighted by Crippen LogP contribution is -2.46. The van der Waals surface area contributed by atoms with E-state index in [-0.39, 0.29) is 24.5 Å². The molecule has 3 saturated heterocycles. The molecule has 3 heterocycles. The number of hydrogen-bond acceptors (Lipinski definition) is 5. The van der Waals surface area contributed by atoms with Gasteiger partial charge >= 0.3 is 0 Å². The fourth-order valence-corrected chi connectivity index (χ4v) is 3.63. The highest BCUT2D eigenvalue weighted by Crippen LogP contribution is 2.12. The lowest BCUT2D eigenvalue weighted by atomic mass is 10.1. The Morgan fingerprint density at radius 1 is 1.04 bits per heavy atom. The molecule has 0 radical (unpaired) electrons. The first-order chi connectivity index (χ1) is 11.7. The van der Waals surface area contributed by atoms with Gasteiger partial charge in [0.15, 0.2) is 0 Å². The molecule has 0 aromatic carbocycles. The number of likely N-dealkylation sites (tertiary alicyclic amines) is 1. The monoisotopic (exact) mass is 339 g/mol. The highest BCUT2D eigenvalue weighted by atomic mass is 16.6. The molecule has 24 heavy (non-hydrogen) atoms. The molecule has 3 aliphatic heterocycles. The second-order valence-electron chi connectivity index (χ2n) is 6.88. The molecule has 0 saturated carbocycles. The van der Waals surface area contributed by atoms with Crippen LogP contribution in [0.2, 0.25) is 0 Å². The minimum absolute atomic E-state index is 0.0874. The van der Waals surface area contributed by atoms with Gasteiger partial charge in [-0.1, -0.05) is 0 Å². The van der Waals surface area contributed by atoms with E-state index in [2.05, 4.69) is 4.90 Å².